The Labute approximate surface area is 161 Å². The van der Waals surface area contributed by atoms with Crippen LogP contribution < -0.4 is 10.6 Å². The van der Waals surface area contributed by atoms with Crippen LogP contribution in [0.15, 0.2) is 18.2 Å². The summed E-state index contributed by atoms with van der Waals surface area (Å²) in [6.45, 7) is 7.30. The summed E-state index contributed by atoms with van der Waals surface area (Å²) in [7, 11) is 0. The zero-order valence-electron chi connectivity index (χ0n) is 15.4. The van der Waals surface area contributed by atoms with Gasteiger partial charge < -0.3 is 20.3 Å². The lowest BCUT2D eigenvalue weighted by Gasteiger charge is -2.28. The van der Waals surface area contributed by atoms with E-state index in [1.807, 2.05) is 19.1 Å². The molecule has 0 bridgehead atoms. The molecule has 0 saturated carbocycles. The number of carbonyl (C=O) groups excluding carboxylic acids is 2. The van der Waals surface area contributed by atoms with E-state index in [2.05, 4.69) is 17.6 Å². The SMILES string of the molecule is Cc1ccc(C(=O)N2CCOCC2)cc1NC(=O)[C@H]1CCN[C@@H](C)C1.Cl. The number of anilines is 1. The van der Waals surface area contributed by atoms with Gasteiger partial charge in [-0.05, 0) is 50.9 Å². The normalized spacial score (nSPS) is 23.1. The molecular weight excluding hydrogens is 354 g/mol. The third kappa shape index (κ3) is 4.96. The van der Waals surface area contributed by atoms with Crippen molar-refractivity contribution in [1.29, 1.82) is 0 Å². The van der Waals surface area contributed by atoms with Gasteiger partial charge in [0.15, 0.2) is 0 Å². The van der Waals surface area contributed by atoms with Crippen LogP contribution in [-0.2, 0) is 9.53 Å². The molecule has 1 aromatic carbocycles. The van der Waals surface area contributed by atoms with Gasteiger partial charge in [-0.25, -0.2) is 0 Å². The summed E-state index contributed by atoms with van der Waals surface area (Å²) in [5.41, 5.74) is 2.31. The van der Waals surface area contributed by atoms with Gasteiger partial charge in [0.25, 0.3) is 5.91 Å². The third-order valence-corrected chi connectivity index (χ3v) is 5.04. The molecule has 2 aliphatic rings. The van der Waals surface area contributed by atoms with E-state index in [4.69, 9.17) is 4.74 Å². The van der Waals surface area contributed by atoms with Crippen molar-refractivity contribution in [3.05, 3.63) is 29.3 Å². The van der Waals surface area contributed by atoms with Crippen molar-refractivity contribution in [3.63, 3.8) is 0 Å². The number of amides is 2. The molecular formula is C19H28ClN3O3. The summed E-state index contributed by atoms with van der Waals surface area (Å²) in [6.07, 6.45) is 1.69. The van der Waals surface area contributed by atoms with Gasteiger partial charge >= 0.3 is 0 Å². The molecule has 0 radical (unpaired) electrons. The molecule has 1 aromatic rings. The number of hydrogen-bond donors (Lipinski definition) is 2. The van der Waals surface area contributed by atoms with Crippen LogP contribution in [0.5, 0.6) is 0 Å². The second-order valence-electron chi connectivity index (χ2n) is 7.00. The zero-order chi connectivity index (χ0) is 17.8. The van der Waals surface area contributed by atoms with E-state index < -0.39 is 0 Å². The van der Waals surface area contributed by atoms with Gasteiger partial charge in [0.05, 0.1) is 13.2 Å². The van der Waals surface area contributed by atoms with Crippen LogP contribution in [0, 0.1) is 12.8 Å². The highest BCUT2D eigenvalue weighted by molar-refractivity contribution is 5.98. The molecule has 0 aliphatic carbocycles. The molecule has 144 valence electrons. The molecule has 2 saturated heterocycles. The van der Waals surface area contributed by atoms with Gasteiger partial charge in [0, 0.05) is 36.3 Å². The zero-order valence-corrected chi connectivity index (χ0v) is 16.2. The number of rotatable bonds is 3. The summed E-state index contributed by atoms with van der Waals surface area (Å²) in [6, 6.07) is 5.89. The predicted octanol–water partition coefficient (Wildman–Crippen LogP) is 2.22. The molecule has 2 N–H and O–H groups in total. The number of morpholine rings is 1. The number of halogens is 1. The molecule has 0 spiro atoms. The molecule has 3 rings (SSSR count). The number of nitrogens with zero attached hydrogens (tertiary/aromatic N) is 1. The third-order valence-electron chi connectivity index (χ3n) is 5.04. The maximum Gasteiger partial charge on any atom is 0.254 e. The molecule has 2 aliphatic heterocycles. The van der Waals surface area contributed by atoms with Crippen molar-refractivity contribution in [2.75, 3.05) is 38.2 Å². The molecule has 2 atom stereocenters. The first-order valence-electron chi connectivity index (χ1n) is 9.06. The van der Waals surface area contributed by atoms with E-state index in [1.54, 1.807) is 11.0 Å². The van der Waals surface area contributed by atoms with Gasteiger partial charge in [0.2, 0.25) is 5.91 Å². The van der Waals surface area contributed by atoms with E-state index in [-0.39, 0.29) is 30.1 Å². The van der Waals surface area contributed by atoms with Gasteiger partial charge in [-0.1, -0.05) is 6.07 Å². The van der Waals surface area contributed by atoms with E-state index in [9.17, 15) is 9.59 Å². The average Bonchev–Trinajstić information content (AvgIpc) is 2.63. The smallest absolute Gasteiger partial charge is 0.254 e. The lowest BCUT2D eigenvalue weighted by molar-refractivity contribution is -0.120. The van der Waals surface area contributed by atoms with Crippen LogP contribution in [0.2, 0.25) is 0 Å². The second-order valence-corrected chi connectivity index (χ2v) is 7.00. The Hall–Kier alpha value is -1.63. The number of piperidine rings is 1. The monoisotopic (exact) mass is 381 g/mol. The van der Waals surface area contributed by atoms with Crippen molar-refractivity contribution in [2.24, 2.45) is 5.92 Å². The van der Waals surface area contributed by atoms with Gasteiger partial charge in [-0.15, -0.1) is 12.4 Å². The first-order valence-corrected chi connectivity index (χ1v) is 9.06. The summed E-state index contributed by atoms with van der Waals surface area (Å²) < 4.78 is 5.30. The van der Waals surface area contributed by atoms with E-state index in [0.29, 0.717) is 37.9 Å². The number of nitrogens with one attached hydrogen (secondary N) is 2. The van der Waals surface area contributed by atoms with Crippen LogP contribution in [0.3, 0.4) is 0 Å². The van der Waals surface area contributed by atoms with Crippen LogP contribution in [0.25, 0.3) is 0 Å². The van der Waals surface area contributed by atoms with Gasteiger partial charge in [-0.2, -0.15) is 0 Å². The molecule has 2 amide bonds. The highest BCUT2D eigenvalue weighted by Crippen LogP contribution is 2.22. The van der Waals surface area contributed by atoms with Crippen LogP contribution in [0.1, 0.15) is 35.7 Å². The molecule has 2 fully saturated rings. The maximum atomic E-state index is 12.6. The summed E-state index contributed by atoms with van der Waals surface area (Å²) in [5, 5.41) is 6.40. The first-order chi connectivity index (χ1) is 12.0. The Morgan fingerprint density at radius 1 is 1.27 bits per heavy atom. The molecule has 7 heteroatoms. The van der Waals surface area contributed by atoms with E-state index in [0.717, 1.165) is 30.6 Å². The summed E-state index contributed by atoms with van der Waals surface area (Å²) in [4.78, 5) is 27.0. The number of hydrogen-bond acceptors (Lipinski definition) is 4. The van der Waals surface area contributed by atoms with Crippen molar-refractivity contribution < 1.29 is 14.3 Å². The Morgan fingerprint density at radius 3 is 2.69 bits per heavy atom. The summed E-state index contributed by atoms with van der Waals surface area (Å²) in [5.74, 6) is 0.0657. The number of ether oxygens (including phenoxy) is 1. The summed E-state index contributed by atoms with van der Waals surface area (Å²) >= 11 is 0. The Morgan fingerprint density at radius 2 is 2.00 bits per heavy atom. The molecule has 26 heavy (non-hydrogen) atoms. The van der Waals surface area contributed by atoms with Gasteiger partial charge in [0.1, 0.15) is 0 Å². The number of aryl methyl sites for hydroxylation is 1. The van der Waals surface area contributed by atoms with Crippen LogP contribution in [-0.4, -0.2) is 55.6 Å². The lowest BCUT2D eigenvalue weighted by Crippen LogP contribution is -2.41. The highest BCUT2D eigenvalue weighted by Gasteiger charge is 2.25. The van der Waals surface area contributed by atoms with E-state index >= 15 is 0 Å². The van der Waals surface area contributed by atoms with Crippen molar-refractivity contribution >= 4 is 29.9 Å². The van der Waals surface area contributed by atoms with E-state index in [1.165, 1.54) is 0 Å². The molecule has 0 unspecified atom stereocenters. The lowest BCUT2D eigenvalue weighted by atomic mass is 9.92. The predicted molar refractivity (Wildman–Crippen MR) is 104 cm³/mol. The topological polar surface area (TPSA) is 70.7 Å². The minimum atomic E-state index is -0.00529. The van der Waals surface area contributed by atoms with Crippen LogP contribution in [0.4, 0.5) is 5.69 Å². The van der Waals surface area contributed by atoms with Crippen LogP contribution >= 0.6 is 12.4 Å². The van der Waals surface area contributed by atoms with Crippen molar-refractivity contribution in [1.82, 2.24) is 10.2 Å². The average molecular weight is 382 g/mol. The molecule has 0 aromatic heterocycles. The maximum absolute atomic E-state index is 12.6. The number of benzene rings is 1. The Bertz CT molecular complexity index is 647. The fraction of sp³-hybridized carbons (Fsp3) is 0.579. The first kappa shape index (κ1) is 20.7. The standard InChI is InChI=1S/C19H27N3O3.ClH/c1-13-3-4-16(19(24)22-7-9-25-10-8-22)12-17(13)21-18(23)15-5-6-20-14(2)11-15;/h3-4,12,14-15,20H,5-11H2,1-2H3,(H,21,23);1H/t14-,15-;/m0./s1. The molecule has 6 nitrogen and oxygen atoms in total. The fourth-order valence-electron chi connectivity index (χ4n) is 3.44. The van der Waals surface area contributed by atoms with Gasteiger partial charge in [-0.3, -0.25) is 9.59 Å². The fourth-order valence-corrected chi connectivity index (χ4v) is 3.44. The highest BCUT2D eigenvalue weighted by atomic mass is 35.5. The second kappa shape index (κ2) is 9.35. The Balaban J connectivity index is 0.00000243. The Kier molecular flexibility index (Phi) is 7.43. The van der Waals surface area contributed by atoms with Crippen molar-refractivity contribution in [3.8, 4) is 0 Å². The van der Waals surface area contributed by atoms with Crippen molar-refractivity contribution in [2.45, 2.75) is 32.7 Å². The largest absolute Gasteiger partial charge is 0.378 e. The quantitative estimate of drug-likeness (QED) is 0.842. The minimum Gasteiger partial charge on any atom is -0.378 e. The number of carbonyl (C=O) groups is 2. The minimum absolute atomic E-state index is 0. The molecule has 2 heterocycles.